The highest BCUT2D eigenvalue weighted by Crippen LogP contribution is 2.23. The highest BCUT2D eigenvalue weighted by atomic mass is 19.1. The van der Waals surface area contributed by atoms with E-state index in [2.05, 4.69) is 12.2 Å². The summed E-state index contributed by atoms with van der Waals surface area (Å²) in [6.45, 7) is 1.51. The predicted molar refractivity (Wildman–Crippen MR) is 76.2 cm³/mol. The Kier molecular flexibility index (Phi) is 5.46. The first kappa shape index (κ1) is 16.4. The van der Waals surface area contributed by atoms with Crippen LogP contribution < -0.4 is 5.32 Å². The molecule has 0 heterocycles. The van der Waals surface area contributed by atoms with E-state index in [9.17, 15) is 18.4 Å². The molecule has 0 aliphatic heterocycles. The lowest BCUT2D eigenvalue weighted by Crippen LogP contribution is -2.42. The van der Waals surface area contributed by atoms with Gasteiger partial charge in [-0.15, -0.1) is 0 Å². The molecule has 2 atom stereocenters. The molecule has 1 saturated carbocycles. The molecule has 2 rings (SSSR count). The molecule has 0 spiro atoms. The van der Waals surface area contributed by atoms with E-state index >= 15 is 0 Å². The number of esters is 1. The molecule has 6 heteroatoms. The van der Waals surface area contributed by atoms with Crippen LogP contribution >= 0.6 is 0 Å². The maximum Gasteiger partial charge on any atom is 0.344 e. The van der Waals surface area contributed by atoms with Crippen molar-refractivity contribution in [3.05, 3.63) is 35.4 Å². The molecule has 0 radical (unpaired) electrons. The van der Waals surface area contributed by atoms with E-state index in [-0.39, 0.29) is 6.04 Å². The largest absolute Gasteiger partial charge is 0.452 e. The third-order valence-electron chi connectivity index (χ3n) is 3.96. The maximum atomic E-state index is 13.4. The average Bonchev–Trinajstić information content (AvgIpc) is 2.47. The van der Waals surface area contributed by atoms with Gasteiger partial charge in [0.1, 0.15) is 17.2 Å². The van der Waals surface area contributed by atoms with Crippen LogP contribution in [0.3, 0.4) is 0 Å². The number of nitrogens with one attached hydrogen (secondary N) is 1. The number of hydrogen-bond acceptors (Lipinski definition) is 3. The smallest absolute Gasteiger partial charge is 0.344 e. The van der Waals surface area contributed by atoms with Gasteiger partial charge in [0.05, 0.1) is 0 Å². The molecular formula is C16H19F2NO3. The molecule has 1 aromatic rings. The van der Waals surface area contributed by atoms with Gasteiger partial charge >= 0.3 is 5.97 Å². The fourth-order valence-corrected chi connectivity index (χ4v) is 2.68. The Labute approximate surface area is 127 Å². The van der Waals surface area contributed by atoms with Crippen LogP contribution in [0.2, 0.25) is 0 Å². The van der Waals surface area contributed by atoms with Gasteiger partial charge in [-0.1, -0.05) is 25.8 Å². The second kappa shape index (κ2) is 7.33. The Morgan fingerprint density at radius 1 is 1.23 bits per heavy atom. The van der Waals surface area contributed by atoms with E-state index < -0.39 is 35.7 Å². The fraction of sp³-hybridized carbons (Fsp3) is 0.500. The number of benzene rings is 1. The molecule has 0 bridgehead atoms. The summed E-state index contributed by atoms with van der Waals surface area (Å²) < 4.78 is 31.5. The Balaban J connectivity index is 1.87. The van der Waals surface area contributed by atoms with E-state index in [0.29, 0.717) is 5.92 Å². The van der Waals surface area contributed by atoms with Crippen LogP contribution in [0.15, 0.2) is 18.2 Å². The number of carbonyl (C=O) groups excluding carboxylic acids is 2. The molecule has 1 aliphatic rings. The van der Waals surface area contributed by atoms with Crippen LogP contribution in [0.5, 0.6) is 0 Å². The summed E-state index contributed by atoms with van der Waals surface area (Å²) in [7, 11) is 0. The third-order valence-corrected chi connectivity index (χ3v) is 3.96. The molecule has 120 valence electrons. The lowest BCUT2D eigenvalue weighted by Gasteiger charge is -2.29. The maximum absolute atomic E-state index is 13.4. The molecule has 2 unspecified atom stereocenters. The Hall–Kier alpha value is -1.98. The van der Waals surface area contributed by atoms with Crippen LogP contribution in [-0.2, 0) is 9.53 Å². The normalized spacial score (nSPS) is 21.2. The van der Waals surface area contributed by atoms with Gasteiger partial charge in [-0.05, 0) is 30.9 Å². The van der Waals surface area contributed by atoms with Crippen molar-refractivity contribution in [1.82, 2.24) is 5.32 Å². The molecule has 4 nitrogen and oxygen atoms in total. The summed E-state index contributed by atoms with van der Waals surface area (Å²) in [5.74, 6) is -3.28. The topological polar surface area (TPSA) is 55.4 Å². The minimum atomic E-state index is -1.18. The highest BCUT2D eigenvalue weighted by molar-refractivity contribution is 5.91. The van der Waals surface area contributed by atoms with Crippen molar-refractivity contribution >= 4 is 11.9 Å². The number of rotatable bonds is 4. The standard InChI is InChI=1S/C16H19F2NO3/c1-10-5-2-3-8-13(10)19-14(20)9-22-16(21)15-11(17)6-4-7-12(15)18/h4,6-7,10,13H,2-3,5,8-9H2,1H3,(H,19,20). The Bertz CT molecular complexity index is 542. The van der Waals surface area contributed by atoms with Gasteiger partial charge in [-0.25, -0.2) is 13.6 Å². The third kappa shape index (κ3) is 4.02. The van der Waals surface area contributed by atoms with E-state index in [0.717, 1.165) is 43.9 Å². The van der Waals surface area contributed by atoms with Gasteiger partial charge in [-0.3, -0.25) is 4.79 Å². The van der Waals surface area contributed by atoms with Gasteiger partial charge in [0, 0.05) is 6.04 Å². The van der Waals surface area contributed by atoms with Crippen molar-refractivity contribution in [3.8, 4) is 0 Å². The lowest BCUT2D eigenvalue weighted by atomic mass is 9.86. The number of carbonyl (C=O) groups is 2. The summed E-state index contributed by atoms with van der Waals surface area (Å²) >= 11 is 0. The van der Waals surface area contributed by atoms with E-state index in [4.69, 9.17) is 4.74 Å². The van der Waals surface area contributed by atoms with Gasteiger partial charge in [-0.2, -0.15) is 0 Å². The molecule has 0 saturated heterocycles. The van der Waals surface area contributed by atoms with Crippen molar-refractivity contribution in [2.45, 2.75) is 38.6 Å². The van der Waals surface area contributed by atoms with Gasteiger partial charge in [0.2, 0.25) is 0 Å². The molecule has 1 fully saturated rings. The number of ether oxygens (including phenoxy) is 1. The quantitative estimate of drug-likeness (QED) is 0.870. The molecular weight excluding hydrogens is 292 g/mol. The van der Waals surface area contributed by atoms with Gasteiger partial charge < -0.3 is 10.1 Å². The summed E-state index contributed by atoms with van der Waals surface area (Å²) in [5.41, 5.74) is -0.777. The second-order valence-electron chi connectivity index (χ2n) is 5.61. The van der Waals surface area contributed by atoms with Crippen molar-refractivity contribution < 1.29 is 23.1 Å². The summed E-state index contributed by atoms with van der Waals surface area (Å²) in [6, 6.07) is 3.14. The van der Waals surface area contributed by atoms with E-state index in [1.165, 1.54) is 0 Å². The highest BCUT2D eigenvalue weighted by Gasteiger charge is 2.24. The lowest BCUT2D eigenvalue weighted by molar-refractivity contribution is -0.125. The number of halogens is 2. The second-order valence-corrected chi connectivity index (χ2v) is 5.61. The summed E-state index contributed by atoms with van der Waals surface area (Å²) in [6.07, 6.45) is 4.14. The number of hydrogen-bond donors (Lipinski definition) is 1. The van der Waals surface area contributed by atoms with E-state index in [1.54, 1.807) is 0 Å². The van der Waals surface area contributed by atoms with Crippen molar-refractivity contribution in [3.63, 3.8) is 0 Å². The summed E-state index contributed by atoms with van der Waals surface area (Å²) in [4.78, 5) is 23.5. The molecule has 1 amide bonds. The first-order valence-corrected chi connectivity index (χ1v) is 7.39. The Morgan fingerprint density at radius 2 is 1.86 bits per heavy atom. The van der Waals surface area contributed by atoms with Crippen molar-refractivity contribution in [1.29, 1.82) is 0 Å². The molecule has 1 aromatic carbocycles. The van der Waals surface area contributed by atoms with Crippen LogP contribution in [0.25, 0.3) is 0 Å². The fourth-order valence-electron chi connectivity index (χ4n) is 2.68. The van der Waals surface area contributed by atoms with Crippen LogP contribution in [0.4, 0.5) is 8.78 Å². The van der Waals surface area contributed by atoms with Crippen LogP contribution in [0, 0.1) is 17.6 Å². The molecule has 22 heavy (non-hydrogen) atoms. The van der Waals surface area contributed by atoms with Crippen LogP contribution in [-0.4, -0.2) is 24.5 Å². The minimum absolute atomic E-state index is 0.0603. The number of amides is 1. The zero-order valence-electron chi connectivity index (χ0n) is 12.4. The SMILES string of the molecule is CC1CCCCC1NC(=O)COC(=O)c1c(F)cccc1F. The van der Waals surface area contributed by atoms with Crippen molar-refractivity contribution in [2.75, 3.05) is 6.61 Å². The van der Waals surface area contributed by atoms with Crippen LogP contribution in [0.1, 0.15) is 43.0 Å². The first-order valence-electron chi connectivity index (χ1n) is 7.39. The van der Waals surface area contributed by atoms with Crippen molar-refractivity contribution in [2.24, 2.45) is 5.92 Å². The zero-order valence-corrected chi connectivity index (χ0v) is 12.4. The molecule has 1 N–H and O–H groups in total. The summed E-state index contributed by atoms with van der Waals surface area (Å²) in [5, 5.41) is 2.80. The van der Waals surface area contributed by atoms with E-state index in [1.807, 2.05) is 0 Å². The molecule has 0 aromatic heterocycles. The Morgan fingerprint density at radius 3 is 2.50 bits per heavy atom. The van der Waals surface area contributed by atoms with Gasteiger partial charge in [0.15, 0.2) is 6.61 Å². The zero-order chi connectivity index (χ0) is 16.1. The first-order chi connectivity index (χ1) is 10.5. The monoisotopic (exact) mass is 311 g/mol. The molecule has 1 aliphatic carbocycles. The average molecular weight is 311 g/mol. The van der Waals surface area contributed by atoms with Gasteiger partial charge in [0.25, 0.3) is 5.91 Å². The minimum Gasteiger partial charge on any atom is -0.452 e. The predicted octanol–water partition coefficient (Wildman–Crippen LogP) is 2.82.